The Morgan fingerprint density at radius 3 is 2.53 bits per heavy atom. The van der Waals surface area contributed by atoms with Gasteiger partial charge >= 0.3 is 0 Å². The highest BCUT2D eigenvalue weighted by molar-refractivity contribution is 7.91. The van der Waals surface area contributed by atoms with Gasteiger partial charge in [0.25, 0.3) is 10.0 Å². The highest BCUT2D eigenvalue weighted by Gasteiger charge is 2.29. The SMILES string of the molecule is COCC(C)(C)NS(=O)(=O)c1sc(Cl)nc1C. The summed E-state index contributed by atoms with van der Waals surface area (Å²) in [6, 6.07) is 0. The number of nitrogens with one attached hydrogen (secondary N) is 1. The summed E-state index contributed by atoms with van der Waals surface area (Å²) in [4.78, 5) is 3.89. The van der Waals surface area contributed by atoms with Crippen molar-refractivity contribution in [2.75, 3.05) is 13.7 Å². The maximum Gasteiger partial charge on any atom is 0.252 e. The van der Waals surface area contributed by atoms with Crippen LogP contribution in [0.1, 0.15) is 19.5 Å². The zero-order chi connectivity index (χ0) is 13.3. The number of ether oxygens (including phenoxy) is 1. The Balaban J connectivity index is 3.01. The molecule has 1 N–H and O–H groups in total. The average Bonchev–Trinajstić information content (AvgIpc) is 2.43. The number of nitrogens with zero attached hydrogens (tertiary/aromatic N) is 1. The Hall–Kier alpha value is -0.210. The number of sulfonamides is 1. The maximum absolute atomic E-state index is 12.1. The first kappa shape index (κ1) is 14.8. The van der Waals surface area contributed by atoms with Gasteiger partial charge in [-0.05, 0) is 20.8 Å². The lowest BCUT2D eigenvalue weighted by molar-refractivity contribution is 0.141. The zero-order valence-electron chi connectivity index (χ0n) is 10.1. The first-order valence-corrected chi connectivity index (χ1v) is 7.51. The molecule has 0 fully saturated rings. The number of thiazole rings is 1. The Labute approximate surface area is 110 Å². The van der Waals surface area contributed by atoms with Crippen LogP contribution < -0.4 is 4.72 Å². The molecule has 8 heteroatoms. The largest absolute Gasteiger partial charge is 0.383 e. The fourth-order valence-electron chi connectivity index (χ4n) is 1.40. The molecule has 0 aliphatic heterocycles. The molecule has 0 aliphatic rings. The van der Waals surface area contributed by atoms with Gasteiger partial charge in [0.15, 0.2) is 8.68 Å². The number of aryl methyl sites for hydroxylation is 1. The number of methoxy groups -OCH3 is 1. The molecule has 0 radical (unpaired) electrons. The third-order valence-electron chi connectivity index (χ3n) is 1.89. The summed E-state index contributed by atoms with van der Waals surface area (Å²) < 4.78 is 32.1. The molecule has 1 heterocycles. The van der Waals surface area contributed by atoms with Gasteiger partial charge in [0.2, 0.25) is 0 Å². The Bertz CT molecular complexity index is 496. The van der Waals surface area contributed by atoms with Crippen molar-refractivity contribution in [2.24, 2.45) is 0 Å². The molecule has 0 unspecified atom stereocenters. The van der Waals surface area contributed by atoms with Crippen molar-refractivity contribution in [3.8, 4) is 0 Å². The van der Waals surface area contributed by atoms with Gasteiger partial charge in [-0.25, -0.2) is 18.1 Å². The van der Waals surface area contributed by atoms with Crippen molar-refractivity contribution in [1.29, 1.82) is 0 Å². The molecule has 1 aromatic rings. The fraction of sp³-hybridized carbons (Fsp3) is 0.667. The molecule has 1 rings (SSSR count). The monoisotopic (exact) mass is 298 g/mol. The number of halogens is 1. The van der Waals surface area contributed by atoms with Crippen LogP contribution in [0.2, 0.25) is 4.47 Å². The Morgan fingerprint density at radius 1 is 1.53 bits per heavy atom. The molecular formula is C9H15ClN2O3S2. The summed E-state index contributed by atoms with van der Waals surface area (Å²) in [7, 11) is -2.09. The lowest BCUT2D eigenvalue weighted by atomic mass is 10.1. The van der Waals surface area contributed by atoms with Crippen LogP contribution in [0.25, 0.3) is 0 Å². The minimum atomic E-state index is -3.61. The average molecular weight is 299 g/mol. The van der Waals surface area contributed by atoms with Crippen molar-refractivity contribution >= 4 is 33.0 Å². The van der Waals surface area contributed by atoms with E-state index in [1.165, 1.54) is 7.11 Å². The molecule has 0 amide bonds. The molecule has 0 spiro atoms. The third kappa shape index (κ3) is 3.89. The van der Waals surface area contributed by atoms with Gasteiger partial charge in [0.05, 0.1) is 17.8 Å². The quantitative estimate of drug-likeness (QED) is 0.900. The molecular weight excluding hydrogens is 284 g/mol. The van der Waals surface area contributed by atoms with Gasteiger partial charge in [-0.15, -0.1) is 0 Å². The van der Waals surface area contributed by atoms with Crippen LogP contribution in [0.15, 0.2) is 4.21 Å². The molecule has 0 aliphatic carbocycles. The van der Waals surface area contributed by atoms with Crippen LogP contribution in [0.4, 0.5) is 0 Å². The van der Waals surface area contributed by atoms with Crippen molar-refractivity contribution in [1.82, 2.24) is 9.71 Å². The van der Waals surface area contributed by atoms with E-state index in [4.69, 9.17) is 16.3 Å². The summed E-state index contributed by atoms with van der Waals surface area (Å²) in [5.74, 6) is 0. The van der Waals surface area contributed by atoms with E-state index in [1.54, 1.807) is 20.8 Å². The summed E-state index contributed by atoms with van der Waals surface area (Å²) in [5, 5.41) is 0. The lowest BCUT2D eigenvalue weighted by Gasteiger charge is -2.24. The van der Waals surface area contributed by atoms with Gasteiger partial charge in [0.1, 0.15) is 0 Å². The highest BCUT2D eigenvalue weighted by Crippen LogP contribution is 2.27. The normalized spacial score (nSPS) is 13.0. The van der Waals surface area contributed by atoms with E-state index in [1.807, 2.05) is 0 Å². The Kier molecular flexibility index (Phi) is 4.54. The summed E-state index contributed by atoms with van der Waals surface area (Å²) >= 11 is 6.64. The first-order valence-electron chi connectivity index (χ1n) is 4.84. The van der Waals surface area contributed by atoms with E-state index in [0.717, 1.165) is 11.3 Å². The van der Waals surface area contributed by atoms with E-state index >= 15 is 0 Å². The van der Waals surface area contributed by atoms with Crippen molar-refractivity contribution in [2.45, 2.75) is 30.5 Å². The third-order valence-corrected chi connectivity index (χ3v) is 5.46. The minimum absolute atomic E-state index is 0.145. The highest BCUT2D eigenvalue weighted by atomic mass is 35.5. The number of rotatable bonds is 5. The predicted octanol–water partition coefficient (Wildman–Crippen LogP) is 1.81. The molecule has 5 nitrogen and oxygen atoms in total. The van der Waals surface area contributed by atoms with Gasteiger partial charge in [0, 0.05) is 7.11 Å². The number of hydrogen-bond acceptors (Lipinski definition) is 5. The standard InChI is InChI=1S/C9H15ClN2O3S2/c1-6-7(16-8(10)11-6)17(13,14)12-9(2,3)5-15-4/h12H,5H2,1-4H3. The molecule has 0 bridgehead atoms. The molecule has 0 saturated carbocycles. The maximum atomic E-state index is 12.1. The second kappa shape index (κ2) is 5.19. The van der Waals surface area contributed by atoms with Crippen LogP contribution in [-0.4, -0.2) is 32.7 Å². The van der Waals surface area contributed by atoms with Crippen LogP contribution >= 0.6 is 22.9 Å². The Morgan fingerprint density at radius 2 is 2.12 bits per heavy atom. The van der Waals surface area contributed by atoms with Gasteiger partial charge in [-0.3, -0.25) is 0 Å². The smallest absolute Gasteiger partial charge is 0.252 e. The first-order chi connectivity index (χ1) is 7.68. The van der Waals surface area contributed by atoms with Gasteiger partial charge in [-0.2, -0.15) is 0 Å². The number of hydrogen-bond donors (Lipinski definition) is 1. The topological polar surface area (TPSA) is 68.3 Å². The molecule has 17 heavy (non-hydrogen) atoms. The molecule has 0 saturated heterocycles. The molecule has 1 aromatic heterocycles. The van der Waals surface area contributed by atoms with Crippen LogP contribution in [-0.2, 0) is 14.8 Å². The summed E-state index contributed by atoms with van der Waals surface area (Å²) in [6.45, 7) is 5.37. The minimum Gasteiger partial charge on any atom is -0.383 e. The molecule has 0 atom stereocenters. The summed E-state index contributed by atoms with van der Waals surface area (Å²) in [6.07, 6.45) is 0. The molecule has 0 aromatic carbocycles. The second-order valence-corrected chi connectivity index (χ2v) is 7.72. The van der Waals surface area contributed by atoms with E-state index in [0.29, 0.717) is 5.69 Å². The van der Waals surface area contributed by atoms with Crippen LogP contribution in [0.3, 0.4) is 0 Å². The van der Waals surface area contributed by atoms with E-state index < -0.39 is 15.6 Å². The van der Waals surface area contributed by atoms with Crippen molar-refractivity contribution in [3.63, 3.8) is 0 Å². The van der Waals surface area contributed by atoms with Crippen molar-refractivity contribution in [3.05, 3.63) is 10.2 Å². The molecule has 98 valence electrons. The van der Waals surface area contributed by atoms with Crippen molar-refractivity contribution < 1.29 is 13.2 Å². The van der Waals surface area contributed by atoms with E-state index in [2.05, 4.69) is 9.71 Å². The fourth-order valence-corrected chi connectivity index (χ4v) is 4.54. The van der Waals surface area contributed by atoms with E-state index in [9.17, 15) is 8.42 Å². The summed E-state index contributed by atoms with van der Waals surface area (Å²) in [5.41, 5.74) is -0.281. The van der Waals surface area contributed by atoms with E-state index in [-0.39, 0.29) is 15.3 Å². The lowest BCUT2D eigenvalue weighted by Crippen LogP contribution is -2.46. The predicted molar refractivity (Wildman–Crippen MR) is 68.1 cm³/mol. The van der Waals surface area contributed by atoms with Gasteiger partial charge in [-0.1, -0.05) is 22.9 Å². The van der Waals surface area contributed by atoms with Gasteiger partial charge < -0.3 is 4.74 Å². The van der Waals surface area contributed by atoms with Crippen LogP contribution in [0, 0.1) is 6.92 Å². The van der Waals surface area contributed by atoms with Crippen LogP contribution in [0.5, 0.6) is 0 Å². The number of aromatic nitrogens is 1. The second-order valence-electron chi connectivity index (χ2n) is 4.26. The zero-order valence-corrected chi connectivity index (χ0v) is 12.5.